The summed E-state index contributed by atoms with van der Waals surface area (Å²) in [5.74, 6) is 0. The smallest absolute Gasteiger partial charge is 0.316 e. The number of nitrogens with zero attached hydrogens (tertiary/aromatic N) is 3. The fraction of sp³-hybridized carbons (Fsp3) is 0.444. The monoisotopic (exact) mass is 273 g/mol. The van der Waals surface area contributed by atoms with E-state index in [-0.39, 0.29) is 11.2 Å². The van der Waals surface area contributed by atoms with Crippen LogP contribution in [0, 0.1) is 11.3 Å². The molecule has 1 heterocycles. The number of carbonyl (C=O) groups excluding carboxylic acids is 1. The third kappa shape index (κ3) is 4.09. The van der Waals surface area contributed by atoms with Crippen molar-refractivity contribution in [1.29, 1.82) is 5.26 Å². The van der Waals surface area contributed by atoms with E-state index >= 15 is 0 Å². The van der Waals surface area contributed by atoms with E-state index in [9.17, 15) is 4.79 Å². The highest BCUT2D eigenvalue weighted by Crippen LogP contribution is 2.25. The van der Waals surface area contributed by atoms with Crippen LogP contribution in [0.25, 0.3) is 0 Å². The van der Waals surface area contributed by atoms with Gasteiger partial charge < -0.3 is 15.5 Å². The van der Waals surface area contributed by atoms with E-state index in [4.69, 9.17) is 16.9 Å². The number of carbonyl (C=O) groups is 1. The van der Waals surface area contributed by atoms with Crippen molar-refractivity contribution < 1.29 is 4.79 Å². The predicted molar refractivity (Wildman–Crippen MR) is 67.4 cm³/mol. The molecule has 0 radical (unpaired) electrons. The molecule has 0 atom stereocenters. The summed E-state index contributed by atoms with van der Waals surface area (Å²) in [5.41, 5.74) is 0. The summed E-state index contributed by atoms with van der Waals surface area (Å²) in [4.78, 5) is 17.0. The van der Waals surface area contributed by atoms with Crippen LogP contribution in [0.4, 0.5) is 9.93 Å². The van der Waals surface area contributed by atoms with Crippen LogP contribution in [-0.4, -0.2) is 43.1 Å². The lowest BCUT2D eigenvalue weighted by molar-refractivity contribution is 0.218. The maximum absolute atomic E-state index is 11.2. The Morgan fingerprint density at radius 1 is 1.59 bits per heavy atom. The average molecular weight is 274 g/mol. The molecule has 1 aromatic heterocycles. The van der Waals surface area contributed by atoms with Crippen molar-refractivity contribution in [3.05, 3.63) is 10.0 Å². The van der Waals surface area contributed by atoms with E-state index in [1.807, 2.05) is 6.07 Å². The van der Waals surface area contributed by atoms with Gasteiger partial charge in [-0.1, -0.05) is 22.9 Å². The minimum absolute atomic E-state index is 0.151. The zero-order valence-electron chi connectivity index (χ0n) is 9.45. The summed E-state index contributed by atoms with van der Waals surface area (Å²) in [7, 11) is 3.34. The van der Waals surface area contributed by atoms with Crippen LogP contribution >= 0.6 is 22.9 Å². The van der Waals surface area contributed by atoms with Crippen LogP contribution in [0.5, 0.6) is 0 Å². The molecule has 0 aliphatic carbocycles. The first-order valence-corrected chi connectivity index (χ1v) is 5.99. The molecule has 17 heavy (non-hydrogen) atoms. The van der Waals surface area contributed by atoms with Gasteiger partial charge in [0.15, 0.2) is 10.3 Å². The molecule has 0 saturated heterocycles. The molecule has 92 valence electrons. The van der Waals surface area contributed by atoms with Crippen molar-refractivity contribution >= 4 is 34.1 Å². The molecule has 0 spiro atoms. The Kier molecular flexibility index (Phi) is 5.00. The maximum Gasteiger partial charge on any atom is 0.316 e. The van der Waals surface area contributed by atoms with Crippen LogP contribution < -0.4 is 10.6 Å². The van der Waals surface area contributed by atoms with Crippen LogP contribution in [0.15, 0.2) is 0 Å². The molecule has 6 nitrogen and oxygen atoms in total. The molecule has 0 aliphatic heterocycles. The van der Waals surface area contributed by atoms with Crippen molar-refractivity contribution in [2.24, 2.45) is 0 Å². The van der Waals surface area contributed by atoms with Gasteiger partial charge in [-0.3, -0.25) is 0 Å². The highest BCUT2D eigenvalue weighted by molar-refractivity contribution is 7.16. The second-order valence-corrected chi connectivity index (χ2v) is 4.66. The largest absolute Gasteiger partial charge is 0.360 e. The number of amides is 2. The van der Waals surface area contributed by atoms with Gasteiger partial charge in [-0.15, -0.1) is 0 Å². The average Bonchev–Trinajstić information content (AvgIpc) is 2.64. The molecule has 0 aromatic carbocycles. The predicted octanol–water partition coefficient (Wildman–Crippen LogP) is 1.35. The lowest BCUT2D eigenvalue weighted by Crippen LogP contribution is -2.37. The number of nitrogens with one attached hydrogen (secondary N) is 2. The number of halogens is 1. The standard InChI is InChI=1S/C9H12ClN5OS/c1-15(2)9(16)13-4-3-12-8-14-7(10)6(5-11)17-8/h3-4H2,1-2H3,(H,12,14)(H,13,16). The van der Waals surface area contributed by atoms with Gasteiger partial charge in [-0.2, -0.15) is 5.26 Å². The van der Waals surface area contributed by atoms with Crippen molar-refractivity contribution in [3.8, 4) is 6.07 Å². The van der Waals surface area contributed by atoms with E-state index < -0.39 is 0 Å². The third-order valence-electron chi connectivity index (χ3n) is 1.77. The molecule has 0 fully saturated rings. The van der Waals surface area contributed by atoms with Crippen LogP contribution in [0.1, 0.15) is 4.88 Å². The Labute approximate surface area is 108 Å². The number of rotatable bonds is 4. The highest BCUT2D eigenvalue weighted by Gasteiger charge is 2.08. The first-order chi connectivity index (χ1) is 8.04. The number of aromatic nitrogens is 1. The van der Waals surface area contributed by atoms with Crippen molar-refractivity contribution in [2.45, 2.75) is 0 Å². The minimum Gasteiger partial charge on any atom is -0.360 e. The van der Waals surface area contributed by atoms with Crippen molar-refractivity contribution in [2.75, 3.05) is 32.5 Å². The van der Waals surface area contributed by atoms with Crippen LogP contribution in [-0.2, 0) is 0 Å². The van der Waals surface area contributed by atoms with E-state index in [1.54, 1.807) is 14.1 Å². The Morgan fingerprint density at radius 3 is 2.82 bits per heavy atom. The summed E-state index contributed by atoms with van der Waals surface area (Å²) in [6.45, 7) is 0.990. The van der Waals surface area contributed by atoms with E-state index in [2.05, 4.69) is 15.6 Å². The molecule has 8 heteroatoms. The van der Waals surface area contributed by atoms with E-state index in [0.717, 1.165) is 0 Å². The van der Waals surface area contributed by atoms with Gasteiger partial charge in [0, 0.05) is 27.2 Å². The van der Waals surface area contributed by atoms with Gasteiger partial charge in [0.1, 0.15) is 10.9 Å². The Balaban J connectivity index is 2.32. The molecular formula is C9H12ClN5OS. The molecule has 1 rings (SSSR count). The Morgan fingerprint density at radius 2 is 2.29 bits per heavy atom. The number of anilines is 1. The van der Waals surface area contributed by atoms with Crippen molar-refractivity contribution in [1.82, 2.24) is 15.2 Å². The zero-order chi connectivity index (χ0) is 12.8. The zero-order valence-corrected chi connectivity index (χ0v) is 11.0. The molecular weight excluding hydrogens is 262 g/mol. The van der Waals surface area contributed by atoms with E-state index in [0.29, 0.717) is 23.1 Å². The van der Waals surface area contributed by atoms with Gasteiger partial charge in [0.25, 0.3) is 0 Å². The molecule has 0 bridgehead atoms. The quantitative estimate of drug-likeness (QED) is 0.812. The second-order valence-electron chi connectivity index (χ2n) is 3.30. The maximum atomic E-state index is 11.2. The number of nitriles is 1. The lowest BCUT2D eigenvalue weighted by Gasteiger charge is -2.11. The molecule has 2 amide bonds. The fourth-order valence-corrected chi connectivity index (χ4v) is 1.92. The van der Waals surface area contributed by atoms with Crippen LogP contribution in [0.3, 0.4) is 0 Å². The third-order valence-corrected chi connectivity index (χ3v) is 3.07. The fourth-order valence-electron chi connectivity index (χ4n) is 0.943. The topological polar surface area (TPSA) is 81.1 Å². The molecule has 0 saturated carbocycles. The van der Waals surface area contributed by atoms with Gasteiger partial charge in [0.05, 0.1) is 0 Å². The SMILES string of the molecule is CN(C)C(=O)NCCNc1nc(Cl)c(C#N)s1. The van der Waals surface area contributed by atoms with Gasteiger partial charge in [0.2, 0.25) is 0 Å². The summed E-state index contributed by atoms with van der Waals surface area (Å²) in [6.07, 6.45) is 0. The number of hydrogen-bond acceptors (Lipinski definition) is 5. The summed E-state index contributed by atoms with van der Waals surface area (Å²) in [5, 5.41) is 15.1. The first kappa shape index (κ1) is 13.5. The van der Waals surface area contributed by atoms with Gasteiger partial charge in [-0.25, -0.2) is 9.78 Å². The summed E-state index contributed by atoms with van der Waals surface area (Å²) >= 11 is 6.90. The Hall–Kier alpha value is -1.52. The van der Waals surface area contributed by atoms with Crippen molar-refractivity contribution in [3.63, 3.8) is 0 Å². The van der Waals surface area contributed by atoms with E-state index in [1.165, 1.54) is 16.2 Å². The van der Waals surface area contributed by atoms with Gasteiger partial charge in [-0.05, 0) is 0 Å². The molecule has 0 aliphatic rings. The highest BCUT2D eigenvalue weighted by atomic mass is 35.5. The molecule has 1 aromatic rings. The summed E-state index contributed by atoms with van der Waals surface area (Å²) < 4.78 is 0. The van der Waals surface area contributed by atoms with Crippen LogP contribution in [0.2, 0.25) is 5.15 Å². The molecule has 2 N–H and O–H groups in total. The normalized spacial score (nSPS) is 9.53. The number of thiazole rings is 1. The number of urea groups is 1. The second kappa shape index (κ2) is 6.27. The van der Waals surface area contributed by atoms with Gasteiger partial charge >= 0.3 is 6.03 Å². The first-order valence-electron chi connectivity index (χ1n) is 4.80. The number of hydrogen-bond donors (Lipinski definition) is 2. The molecule has 0 unspecified atom stereocenters. The lowest BCUT2D eigenvalue weighted by atomic mass is 10.6. The summed E-state index contributed by atoms with van der Waals surface area (Å²) in [6, 6.07) is 1.80. The minimum atomic E-state index is -0.151. The Bertz CT molecular complexity index is 439.